The summed E-state index contributed by atoms with van der Waals surface area (Å²) in [5.41, 5.74) is 10.2. The van der Waals surface area contributed by atoms with Gasteiger partial charge in [0.05, 0.1) is 34.6 Å². The van der Waals surface area contributed by atoms with Crippen LogP contribution < -0.4 is 16.5 Å². The molecule has 0 aliphatic carbocycles. The summed E-state index contributed by atoms with van der Waals surface area (Å²) in [7, 11) is 5.89. The molecule has 1 aromatic heterocycles. The number of nitrogen functional groups attached to an aromatic ring is 1. The van der Waals surface area contributed by atoms with Crippen LogP contribution in [0.5, 0.6) is 0 Å². The minimum absolute atomic E-state index is 0.518. The fourth-order valence-corrected chi connectivity index (χ4v) is 2.54. The molecule has 0 amide bonds. The van der Waals surface area contributed by atoms with Crippen LogP contribution in [-0.2, 0) is 5.41 Å². The van der Waals surface area contributed by atoms with Gasteiger partial charge in [0.1, 0.15) is 7.85 Å². The molecule has 3 N–H and O–H groups in total. The number of hydrogen-bond acceptors (Lipinski definition) is 4. The predicted octanol–water partition coefficient (Wildman–Crippen LogP) is 3.16. The molecule has 116 valence electrons. The first-order chi connectivity index (χ1) is 11.4. The van der Waals surface area contributed by atoms with Gasteiger partial charge in [-0.05, 0) is 37.6 Å². The van der Waals surface area contributed by atoms with Gasteiger partial charge in [-0.3, -0.25) is 4.98 Å². The van der Waals surface area contributed by atoms with E-state index in [1.165, 1.54) is 0 Å². The molecule has 0 unspecified atom stereocenters. The number of hydrogen-bond donors (Lipinski definition) is 2. The number of rotatable bonds is 3. The van der Waals surface area contributed by atoms with Crippen molar-refractivity contribution in [3.8, 4) is 6.07 Å². The molecule has 0 bridgehead atoms. The van der Waals surface area contributed by atoms with Gasteiger partial charge in [0.15, 0.2) is 0 Å². The van der Waals surface area contributed by atoms with Crippen molar-refractivity contribution in [2.45, 2.75) is 19.3 Å². The molecule has 3 aromatic rings. The van der Waals surface area contributed by atoms with E-state index in [1.807, 2.05) is 56.3 Å². The zero-order valence-corrected chi connectivity index (χ0v) is 13.7. The Morgan fingerprint density at radius 1 is 1.17 bits per heavy atom. The fourth-order valence-electron chi connectivity index (χ4n) is 2.54. The van der Waals surface area contributed by atoms with Gasteiger partial charge in [-0.25, -0.2) is 0 Å². The van der Waals surface area contributed by atoms with Crippen molar-refractivity contribution in [1.82, 2.24) is 4.98 Å². The van der Waals surface area contributed by atoms with E-state index in [-0.39, 0.29) is 0 Å². The summed E-state index contributed by atoms with van der Waals surface area (Å²) >= 11 is 0. The third-order valence-electron chi connectivity index (χ3n) is 4.08. The Hall–Kier alpha value is -3.00. The average molecular weight is 312 g/mol. The maximum atomic E-state index is 9.23. The second-order valence-electron chi connectivity index (χ2n) is 6.30. The number of nitrogens with one attached hydrogen (secondary N) is 1. The second kappa shape index (κ2) is 5.90. The van der Waals surface area contributed by atoms with Gasteiger partial charge in [0.2, 0.25) is 0 Å². The lowest BCUT2D eigenvalue weighted by molar-refractivity contribution is 0.687. The van der Waals surface area contributed by atoms with Crippen LogP contribution in [0.4, 0.5) is 17.1 Å². The average Bonchev–Trinajstić information content (AvgIpc) is 2.58. The Balaban J connectivity index is 2.00. The highest BCUT2D eigenvalue weighted by Crippen LogP contribution is 2.31. The molecule has 0 aliphatic heterocycles. The lowest BCUT2D eigenvalue weighted by Gasteiger charge is -2.17. The third kappa shape index (κ3) is 2.91. The standard InChI is InChI=1S/C19H17BN4/c1-19(2,11-21)12-3-6-14(7-4-12)24-18-15-9-13(20)5-8-17(15)23-10-16(18)22/h3-10H,22H2,1-2H3,(H,23,24). The zero-order valence-electron chi connectivity index (χ0n) is 13.7. The summed E-state index contributed by atoms with van der Waals surface area (Å²) < 4.78 is 0. The van der Waals surface area contributed by atoms with Crippen LogP contribution in [0.1, 0.15) is 19.4 Å². The molecule has 0 spiro atoms. The third-order valence-corrected chi connectivity index (χ3v) is 4.08. The number of fused-ring (bicyclic) bond motifs is 1. The minimum Gasteiger partial charge on any atom is -0.396 e. The van der Waals surface area contributed by atoms with Gasteiger partial charge in [0.25, 0.3) is 0 Å². The van der Waals surface area contributed by atoms with Crippen molar-refractivity contribution >= 4 is 41.3 Å². The maximum Gasteiger partial charge on any atom is 0.113 e. The van der Waals surface area contributed by atoms with Gasteiger partial charge in [-0.1, -0.05) is 29.7 Å². The quantitative estimate of drug-likeness (QED) is 0.729. The van der Waals surface area contributed by atoms with E-state index in [2.05, 4.69) is 16.4 Å². The summed E-state index contributed by atoms with van der Waals surface area (Å²) in [4.78, 5) is 4.33. The number of nitriles is 1. The Labute approximate surface area is 142 Å². The van der Waals surface area contributed by atoms with Crippen LogP contribution >= 0.6 is 0 Å². The first-order valence-electron chi connectivity index (χ1n) is 7.63. The largest absolute Gasteiger partial charge is 0.396 e. The zero-order chi connectivity index (χ0) is 17.3. The SMILES string of the molecule is [B]c1ccc2ncc(N)c(Nc3ccc(C(C)(C)C#N)cc3)c2c1. The molecular formula is C19H17BN4. The van der Waals surface area contributed by atoms with Gasteiger partial charge in [-0.2, -0.15) is 5.26 Å². The summed E-state index contributed by atoms with van der Waals surface area (Å²) in [6.07, 6.45) is 1.63. The highest BCUT2D eigenvalue weighted by molar-refractivity contribution is 6.33. The number of nitrogens with two attached hydrogens (primary N) is 1. The minimum atomic E-state index is -0.518. The van der Waals surface area contributed by atoms with E-state index >= 15 is 0 Å². The van der Waals surface area contributed by atoms with Crippen molar-refractivity contribution in [2.24, 2.45) is 0 Å². The van der Waals surface area contributed by atoms with E-state index in [0.29, 0.717) is 11.2 Å². The molecule has 0 fully saturated rings. The van der Waals surface area contributed by atoms with Crippen molar-refractivity contribution in [3.05, 3.63) is 54.2 Å². The van der Waals surface area contributed by atoms with Crippen molar-refractivity contribution in [1.29, 1.82) is 5.26 Å². The van der Waals surface area contributed by atoms with Gasteiger partial charge in [0, 0.05) is 11.1 Å². The lowest BCUT2D eigenvalue weighted by atomic mass is 9.86. The molecule has 0 saturated heterocycles. The number of benzene rings is 2. The van der Waals surface area contributed by atoms with Crippen LogP contribution in [0, 0.1) is 11.3 Å². The smallest absolute Gasteiger partial charge is 0.113 e. The lowest BCUT2D eigenvalue weighted by Crippen LogP contribution is -2.13. The highest BCUT2D eigenvalue weighted by atomic mass is 14.9. The van der Waals surface area contributed by atoms with Crippen LogP contribution in [-0.4, -0.2) is 12.8 Å². The summed E-state index contributed by atoms with van der Waals surface area (Å²) in [6, 6.07) is 15.6. The van der Waals surface area contributed by atoms with Crippen LogP contribution in [0.3, 0.4) is 0 Å². The van der Waals surface area contributed by atoms with E-state index in [9.17, 15) is 5.26 Å². The Morgan fingerprint density at radius 2 is 1.88 bits per heavy atom. The van der Waals surface area contributed by atoms with E-state index in [1.54, 1.807) is 6.20 Å². The summed E-state index contributed by atoms with van der Waals surface area (Å²) in [5.74, 6) is 0. The molecule has 4 nitrogen and oxygen atoms in total. The molecule has 5 heteroatoms. The number of anilines is 3. The Bertz CT molecular complexity index is 935. The maximum absolute atomic E-state index is 9.23. The number of pyridine rings is 1. The molecule has 0 aliphatic rings. The van der Waals surface area contributed by atoms with E-state index in [0.717, 1.165) is 27.8 Å². The van der Waals surface area contributed by atoms with Gasteiger partial charge >= 0.3 is 0 Å². The molecular weight excluding hydrogens is 295 g/mol. The first-order valence-corrected chi connectivity index (χ1v) is 7.63. The number of nitrogens with zero attached hydrogens (tertiary/aromatic N) is 2. The Kier molecular flexibility index (Phi) is 3.90. The van der Waals surface area contributed by atoms with Crippen LogP contribution in [0.2, 0.25) is 0 Å². The molecule has 24 heavy (non-hydrogen) atoms. The number of aromatic nitrogens is 1. The molecule has 2 radical (unpaired) electrons. The predicted molar refractivity (Wildman–Crippen MR) is 99.9 cm³/mol. The van der Waals surface area contributed by atoms with Crippen LogP contribution in [0.25, 0.3) is 10.9 Å². The summed E-state index contributed by atoms with van der Waals surface area (Å²) in [5, 5.41) is 13.4. The van der Waals surface area contributed by atoms with E-state index in [4.69, 9.17) is 13.6 Å². The van der Waals surface area contributed by atoms with Crippen molar-refractivity contribution < 1.29 is 0 Å². The van der Waals surface area contributed by atoms with Crippen LogP contribution in [0.15, 0.2) is 48.7 Å². The molecule has 0 saturated carbocycles. The highest BCUT2D eigenvalue weighted by Gasteiger charge is 2.19. The van der Waals surface area contributed by atoms with Gasteiger partial charge in [-0.15, -0.1) is 0 Å². The molecule has 2 aromatic carbocycles. The molecule has 3 rings (SSSR count). The van der Waals surface area contributed by atoms with E-state index < -0.39 is 5.41 Å². The van der Waals surface area contributed by atoms with Crippen molar-refractivity contribution in [3.63, 3.8) is 0 Å². The molecule has 0 atom stereocenters. The fraction of sp³-hybridized carbons (Fsp3) is 0.158. The second-order valence-corrected chi connectivity index (χ2v) is 6.30. The first kappa shape index (κ1) is 15.9. The summed E-state index contributed by atoms with van der Waals surface area (Å²) in [6.45, 7) is 3.79. The van der Waals surface area contributed by atoms with Crippen molar-refractivity contribution in [2.75, 3.05) is 11.1 Å². The van der Waals surface area contributed by atoms with Gasteiger partial charge < -0.3 is 11.1 Å². The molecule has 1 heterocycles. The topological polar surface area (TPSA) is 74.7 Å². The monoisotopic (exact) mass is 312 g/mol. The normalized spacial score (nSPS) is 11.2. The Morgan fingerprint density at radius 3 is 2.54 bits per heavy atom.